The predicted octanol–water partition coefficient (Wildman–Crippen LogP) is 1.51. The summed E-state index contributed by atoms with van der Waals surface area (Å²) in [5.74, 6) is -0.227. The van der Waals surface area contributed by atoms with E-state index in [4.69, 9.17) is 9.47 Å². The van der Waals surface area contributed by atoms with Gasteiger partial charge in [-0.25, -0.2) is 4.79 Å². The zero-order valence-electron chi connectivity index (χ0n) is 7.92. The van der Waals surface area contributed by atoms with Crippen LogP contribution in [0.15, 0.2) is 0 Å². The highest BCUT2D eigenvalue weighted by molar-refractivity contribution is 5.79. The van der Waals surface area contributed by atoms with Crippen molar-refractivity contribution in [1.29, 1.82) is 0 Å². The van der Waals surface area contributed by atoms with E-state index in [9.17, 15) is 4.79 Å². The van der Waals surface area contributed by atoms with E-state index in [1.54, 1.807) is 6.92 Å². The average Bonchev–Trinajstić information content (AvgIpc) is 2.36. The molecule has 12 heavy (non-hydrogen) atoms. The fourth-order valence-corrected chi connectivity index (χ4v) is 1.28. The van der Waals surface area contributed by atoms with E-state index < -0.39 is 5.60 Å². The maximum absolute atomic E-state index is 11.4. The summed E-state index contributed by atoms with van der Waals surface area (Å²) < 4.78 is 10.4. The standard InChI is InChI=1S/C9H16O3/c1-7(2)12-8(10)9(3)5-4-6-11-9/h7H,4-6H2,1-3H3. The summed E-state index contributed by atoms with van der Waals surface area (Å²) in [6.45, 7) is 6.15. The Kier molecular flexibility index (Phi) is 2.73. The molecule has 0 aromatic heterocycles. The topological polar surface area (TPSA) is 35.5 Å². The third kappa shape index (κ3) is 1.97. The van der Waals surface area contributed by atoms with Gasteiger partial charge < -0.3 is 9.47 Å². The number of carbonyl (C=O) groups is 1. The summed E-state index contributed by atoms with van der Waals surface area (Å²) in [7, 11) is 0. The average molecular weight is 172 g/mol. The number of ether oxygens (including phenoxy) is 2. The smallest absolute Gasteiger partial charge is 0.338 e. The number of hydrogen-bond donors (Lipinski definition) is 0. The van der Waals surface area contributed by atoms with Gasteiger partial charge in [-0.2, -0.15) is 0 Å². The molecule has 1 saturated heterocycles. The van der Waals surface area contributed by atoms with Crippen LogP contribution < -0.4 is 0 Å². The van der Waals surface area contributed by atoms with Crippen molar-refractivity contribution in [2.45, 2.75) is 45.3 Å². The lowest BCUT2D eigenvalue weighted by Gasteiger charge is -2.22. The van der Waals surface area contributed by atoms with Gasteiger partial charge in [0.25, 0.3) is 0 Å². The maximum atomic E-state index is 11.4. The molecule has 3 heteroatoms. The Morgan fingerprint density at radius 2 is 2.25 bits per heavy atom. The highest BCUT2D eigenvalue weighted by Crippen LogP contribution is 2.26. The highest BCUT2D eigenvalue weighted by atomic mass is 16.6. The zero-order valence-corrected chi connectivity index (χ0v) is 7.92. The molecular formula is C9H16O3. The molecule has 1 aliphatic heterocycles. The number of hydrogen-bond acceptors (Lipinski definition) is 3. The molecule has 70 valence electrons. The molecule has 1 atom stereocenters. The molecule has 0 amide bonds. The second-order valence-electron chi connectivity index (χ2n) is 3.64. The van der Waals surface area contributed by atoms with Gasteiger partial charge in [0.2, 0.25) is 0 Å². The van der Waals surface area contributed by atoms with E-state index in [1.807, 2.05) is 13.8 Å². The molecule has 1 aliphatic rings. The molecule has 0 radical (unpaired) electrons. The minimum Gasteiger partial charge on any atom is -0.461 e. The second kappa shape index (κ2) is 3.44. The first-order valence-corrected chi connectivity index (χ1v) is 4.40. The first-order chi connectivity index (χ1) is 5.54. The molecule has 0 aromatic rings. The molecule has 3 nitrogen and oxygen atoms in total. The van der Waals surface area contributed by atoms with Crippen molar-refractivity contribution in [3.8, 4) is 0 Å². The lowest BCUT2D eigenvalue weighted by atomic mass is 10.0. The van der Waals surface area contributed by atoms with Crippen LogP contribution in [0.25, 0.3) is 0 Å². The van der Waals surface area contributed by atoms with Crippen LogP contribution in [-0.2, 0) is 14.3 Å². The molecule has 0 aromatic carbocycles. The largest absolute Gasteiger partial charge is 0.461 e. The molecule has 1 unspecified atom stereocenters. The Bertz CT molecular complexity index is 169. The van der Waals surface area contributed by atoms with Crippen LogP contribution in [0.1, 0.15) is 33.6 Å². The fourth-order valence-electron chi connectivity index (χ4n) is 1.28. The van der Waals surface area contributed by atoms with Gasteiger partial charge in [0.1, 0.15) is 0 Å². The maximum Gasteiger partial charge on any atom is 0.338 e. The van der Waals surface area contributed by atoms with Crippen LogP contribution in [0.2, 0.25) is 0 Å². The molecule has 0 saturated carbocycles. The summed E-state index contributed by atoms with van der Waals surface area (Å²) in [6, 6.07) is 0. The molecule has 0 bridgehead atoms. The summed E-state index contributed by atoms with van der Waals surface area (Å²) in [4.78, 5) is 11.4. The zero-order chi connectivity index (χ0) is 9.19. The van der Waals surface area contributed by atoms with Crippen LogP contribution in [0.5, 0.6) is 0 Å². The Balaban J connectivity index is 2.50. The van der Waals surface area contributed by atoms with Crippen molar-refractivity contribution in [3.05, 3.63) is 0 Å². The fraction of sp³-hybridized carbons (Fsp3) is 0.889. The summed E-state index contributed by atoms with van der Waals surface area (Å²) in [5.41, 5.74) is -0.676. The third-order valence-electron chi connectivity index (χ3n) is 1.99. The van der Waals surface area contributed by atoms with Crippen molar-refractivity contribution >= 4 is 5.97 Å². The number of esters is 1. The highest BCUT2D eigenvalue weighted by Gasteiger charge is 2.39. The number of rotatable bonds is 2. The minimum absolute atomic E-state index is 0.0569. The molecule has 0 N–H and O–H groups in total. The Labute approximate surface area is 73.0 Å². The van der Waals surface area contributed by atoms with Crippen molar-refractivity contribution in [2.24, 2.45) is 0 Å². The molecule has 0 spiro atoms. The molecule has 1 rings (SSSR count). The van der Waals surface area contributed by atoms with Crippen LogP contribution in [0.3, 0.4) is 0 Å². The number of carbonyl (C=O) groups excluding carboxylic acids is 1. The Hall–Kier alpha value is -0.570. The van der Waals surface area contributed by atoms with Crippen molar-refractivity contribution in [2.75, 3.05) is 6.61 Å². The summed E-state index contributed by atoms with van der Waals surface area (Å²) in [5, 5.41) is 0. The van der Waals surface area contributed by atoms with Gasteiger partial charge >= 0.3 is 5.97 Å². The first kappa shape index (κ1) is 9.52. The van der Waals surface area contributed by atoms with Crippen LogP contribution in [0.4, 0.5) is 0 Å². The van der Waals surface area contributed by atoms with Gasteiger partial charge in [-0.1, -0.05) is 0 Å². The van der Waals surface area contributed by atoms with Gasteiger partial charge in [0.15, 0.2) is 5.60 Å². The lowest BCUT2D eigenvalue weighted by molar-refractivity contribution is -0.168. The lowest BCUT2D eigenvalue weighted by Crippen LogP contribution is -2.37. The molecular weight excluding hydrogens is 156 g/mol. The molecule has 1 fully saturated rings. The van der Waals surface area contributed by atoms with Crippen molar-refractivity contribution in [1.82, 2.24) is 0 Å². The van der Waals surface area contributed by atoms with E-state index in [1.165, 1.54) is 0 Å². The Morgan fingerprint density at radius 3 is 2.67 bits per heavy atom. The van der Waals surface area contributed by atoms with Gasteiger partial charge in [-0.05, 0) is 33.6 Å². The molecule has 1 heterocycles. The monoisotopic (exact) mass is 172 g/mol. The Morgan fingerprint density at radius 1 is 1.58 bits per heavy atom. The third-order valence-corrected chi connectivity index (χ3v) is 1.99. The SMILES string of the molecule is CC(C)OC(=O)C1(C)CCCO1. The second-order valence-corrected chi connectivity index (χ2v) is 3.64. The normalized spacial score (nSPS) is 29.3. The van der Waals surface area contributed by atoms with E-state index >= 15 is 0 Å². The first-order valence-electron chi connectivity index (χ1n) is 4.40. The van der Waals surface area contributed by atoms with Gasteiger partial charge in [0.05, 0.1) is 6.10 Å². The van der Waals surface area contributed by atoms with Crippen molar-refractivity contribution in [3.63, 3.8) is 0 Å². The van der Waals surface area contributed by atoms with Gasteiger partial charge in [-0.15, -0.1) is 0 Å². The summed E-state index contributed by atoms with van der Waals surface area (Å²) in [6.07, 6.45) is 1.67. The van der Waals surface area contributed by atoms with E-state index in [-0.39, 0.29) is 12.1 Å². The minimum atomic E-state index is -0.676. The summed E-state index contributed by atoms with van der Waals surface area (Å²) >= 11 is 0. The molecule has 0 aliphatic carbocycles. The van der Waals surface area contributed by atoms with Crippen LogP contribution in [0, 0.1) is 0 Å². The van der Waals surface area contributed by atoms with Crippen LogP contribution >= 0.6 is 0 Å². The van der Waals surface area contributed by atoms with E-state index in [0.29, 0.717) is 6.61 Å². The van der Waals surface area contributed by atoms with E-state index in [2.05, 4.69) is 0 Å². The van der Waals surface area contributed by atoms with E-state index in [0.717, 1.165) is 12.8 Å². The van der Waals surface area contributed by atoms with Crippen LogP contribution in [-0.4, -0.2) is 24.3 Å². The van der Waals surface area contributed by atoms with Gasteiger partial charge in [-0.3, -0.25) is 0 Å². The van der Waals surface area contributed by atoms with Crippen molar-refractivity contribution < 1.29 is 14.3 Å². The predicted molar refractivity (Wildman–Crippen MR) is 44.8 cm³/mol. The quantitative estimate of drug-likeness (QED) is 0.592. The van der Waals surface area contributed by atoms with Gasteiger partial charge in [0, 0.05) is 6.61 Å².